The van der Waals surface area contributed by atoms with E-state index in [1.165, 1.54) is 16.8 Å². The van der Waals surface area contributed by atoms with Gasteiger partial charge in [-0.15, -0.1) is 0 Å². The highest BCUT2D eigenvalue weighted by Crippen LogP contribution is 2.20. The van der Waals surface area contributed by atoms with E-state index in [4.69, 9.17) is 0 Å². The van der Waals surface area contributed by atoms with Crippen molar-refractivity contribution in [2.45, 2.75) is 19.5 Å². The van der Waals surface area contributed by atoms with Crippen LogP contribution < -0.4 is 15.5 Å². The summed E-state index contributed by atoms with van der Waals surface area (Å²) in [5.74, 6) is -0.0324. The van der Waals surface area contributed by atoms with Crippen LogP contribution in [0, 0.1) is 0 Å². The van der Waals surface area contributed by atoms with E-state index in [1.807, 2.05) is 30.3 Å². The SMILES string of the molecule is CC(NCC(=O)Nc1ccc(N2CCN(Cc3ccccc3)CC2)cc1)c1ccccc1. The van der Waals surface area contributed by atoms with E-state index in [1.54, 1.807) is 0 Å². The number of nitrogens with zero attached hydrogens (tertiary/aromatic N) is 2. The summed E-state index contributed by atoms with van der Waals surface area (Å²) in [7, 11) is 0. The molecule has 0 radical (unpaired) electrons. The summed E-state index contributed by atoms with van der Waals surface area (Å²) in [6.07, 6.45) is 0. The molecular formula is C27H32N4O. The summed E-state index contributed by atoms with van der Waals surface area (Å²) >= 11 is 0. The molecule has 1 fully saturated rings. The van der Waals surface area contributed by atoms with Gasteiger partial charge in [0.05, 0.1) is 6.54 Å². The predicted molar refractivity (Wildman–Crippen MR) is 132 cm³/mol. The van der Waals surface area contributed by atoms with Crippen molar-refractivity contribution in [3.05, 3.63) is 96.1 Å². The van der Waals surface area contributed by atoms with Crippen LogP contribution in [-0.4, -0.2) is 43.5 Å². The summed E-state index contributed by atoms with van der Waals surface area (Å²) in [4.78, 5) is 17.2. The number of carbonyl (C=O) groups excluding carboxylic acids is 1. The van der Waals surface area contributed by atoms with Gasteiger partial charge in [0.2, 0.25) is 5.91 Å². The fraction of sp³-hybridized carbons (Fsp3) is 0.296. The van der Waals surface area contributed by atoms with Gasteiger partial charge in [0.25, 0.3) is 0 Å². The van der Waals surface area contributed by atoms with Gasteiger partial charge in [0, 0.05) is 50.1 Å². The van der Waals surface area contributed by atoms with Crippen LogP contribution in [0.15, 0.2) is 84.9 Å². The van der Waals surface area contributed by atoms with Crippen molar-refractivity contribution in [3.63, 3.8) is 0 Å². The maximum Gasteiger partial charge on any atom is 0.238 e. The molecule has 0 bridgehead atoms. The number of hydrogen-bond donors (Lipinski definition) is 2. The zero-order valence-corrected chi connectivity index (χ0v) is 18.7. The van der Waals surface area contributed by atoms with Gasteiger partial charge in [-0.25, -0.2) is 0 Å². The van der Waals surface area contributed by atoms with Crippen LogP contribution in [0.2, 0.25) is 0 Å². The minimum atomic E-state index is -0.0324. The average Bonchev–Trinajstić information content (AvgIpc) is 2.85. The molecule has 1 aliphatic rings. The molecule has 166 valence electrons. The molecule has 1 atom stereocenters. The van der Waals surface area contributed by atoms with Crippen molar-refractivity contribution in [2.24, 2.45) is 0 Å². The van der Waals surface area contributed by atoms with Gasteiger partial charge in [-0.1, -0.05) is 60.7 Å². The summed E-state index contributed by atoms with van der Waals surface area (Å²) < 4.78 is 0. The number of anilines is 2. The molecule has 2 N–H and O–H groups in total. The monoisotopic (exact) mass is 428 g/mol. The molecule has 0 aromatic heterocycles. The minimum absolute atomic E-state index is 0.0324. The minimum Gasteiger partial charge on any atom is -0.369 e. The number of nitrogens with one attached hydrogen (secondary N) is 2. The van der Waals surface area contributed by atoms with Gasteiger partial charge in [-0.2, -0.15) is 0 Å². The second-order valence-corrected chi connectivity index (χ2v) is 8.36. The Balaban J connectivity index is 1.21. The number of piperazine rings is 1. The number of benzene rings is 3. The predicted octanol–water partition coefficient (Wildman–Crippen LogP) is 4.30. The lowest BCUT2D eigenvalue weighted by Gasteiger charge is -2.36. The Morgan fingerprint density at radius 3 is 2.12 bits per heavy atom. The van der Waals surface area contributed by atoms with Crippen molar-refractivity contribution in [1.29, 1.82) is 0 Å². The van der Waals surface area contributed by atoms with E-state index < -0.39 is 0 Å². The molecule has 5 heteroatoms. The molecule has 3 aromatic carbocycles. The zero-order chi connectivity index (χ0) is 22.2. The summed E-state index contributed by atoms with van der Waals surface area (Å²) in [6.45, 7) is 7.49. The lowest BCUT2D eigenvalue weighted by atomic mass is 10.1. The second kappa shape index (κ2) is 10.9. The lowest BCUT2D eigenvalue weighted by Crippen LogP contribution is -2.45. The van der Waals surface area contributed by atoms with Crippen LogP contribution >= 0.6 is 0 Å². The molecular weight excluding hydrogens is 396 g/mol. The van der Waals surface area contributed by atoms with Crippen LogP contribution in [0.25, 0.3) is 0 Å². The highest BCUT2D eigenvalue weighted by Gasteiger charge is 2.17. The van der Waals surface area contributed by atoms with E-state index >= 15 is 0 Å². The van der Waals surface area contributed by atoms with Crippen LogP contribution in [0.3, 0.4) is 0 Å². The Morgan fingerprint density at radius 2 is 1.47 bits per heavy atom. The van der Waals surface area contributed by atoms with Crippen molar-refractivity contribution in [1.82, 2.24) is 10.2 Å². The topological polar surface area (TPSA) is 47.6 Å². The molecule has 3 aromatic rings. The maximum absolute atomic E-state index is 12.3. The molecule has 1 unspecified atom stereocenters. The first-order valence-electron chi connectivity index (χ1n) is 11.4. The molecule has 0 aliphatic carbocycles. The molecule has 4 rings (SSSR count). The van der Waals surface area contributed by atoms with E-state index in [-0.39, 0.29) is 18.5 Å². The van der Waals surface area contributed by atoms with Gasteiger partial charge in [0.1, 0.15) is 0 Å². The smallest absolute Gasteiger partial charge is 0.238 e. The maximum atomic E-state index is 12.3. The van der Waals surface area contributed by atoms with Crippen LogP contribution in [0.1, 0.15) is 24.1 Å². The Bertz CT molecular complexity index is 968. The van der Waals surface area contributed by atoms with Crippen molar-refractivity contribution < 1.29 is 4.79 Å². The van der Waals surface area contributed by atoms with E-state index in [2.05, 4.69) is 82.0 Å². The van der Waals surface area contributed by atoms with Crippen LogP contribution in [-0.2, 0) is 11.3 Å². The molecule has 0 spiro atoms. The molecule has 1 heterocycles. The third-order valence-corrected chi connectivity index (χ3v) is 6.01. The Labute approximate surface area is 191 Å². The van der Waals surface area contributed by atoms with Crippen molar-refractivity contribution in [2.75, 3.05) is 42.9 Å². The third-order valence-electron chi connectivity index (χ3n) is 6.01. The van der Waals surface area contributed by atoms with Gasteiger partial charge < -0.3 is 15.5 Å². The van der Waals surface area contributed by atoms with E-state index in [9.17, 15) is 4.79 Å². The van der Waals surface area contributed by atoms with E-state index in [0.717, 1.165) is 38.4 Å². The highest BCUT2D eigenvalue weighted by atomic mass is 16.1. The Morgan fingerprint density at radius 1 is 0.844 bits per heavy atom. The summed E-state index contributed by atoms with van der Waals surface area (Å²) in [5.41, 5.74) is 4.58. The average molecular weight is 429 g/mol. The highest BCUT2D eigenvalue weighted by molar-refractivity contribution is 5.92. The standard InChI is InChI=1S/C27H32N4O/c1-22(24-10-6-3-7-11-24)28-20-27(32)29-25-12-14-26(15-13-25)31-18-16-30(17-19-31)21-23-8-4-2-5-9-23/h2-15,22,28H,16-21H2,1H3,(H,29,32). The normalized spacial score (nSPS) is 15.3. The number of rotatable bonds is 8. The van der Waals surface area contributed by atoms with Gasteiger partial charge in [-0.05, 0) is 42.3 Å². The summed E-state index contributed by atoms with van der Waals surface area (Å²) in [5, 5.41) is 6.26. The van der Waals surface area contributed by atoms with Gasteiger partial charge in [-0.3, -0.25) is 9.69 Å². The first-order chi connectivity index (χ1) is 15.7. The first-order valence-corrected chi connectivity index (χ1v) is 11.4. The molecule has 32 heavy (non-hydrogen) atoms. The fourth-order valence-electron chi connectivity index (χ4n) is 4.07. The van der Waals surface area contributed by atoms with Crippen LogP contribution in [0.4, 0.5) is 11.4 Å². The number of hydrogen-bond acceptors (Lipinski definition) is 4. The van der Waals surface area contributed by atoms with Crippen LogP contribution in [0.5, 0.6) is 0 Å². The Hall–Kier alpha value is -3.15. The van der Waals surface area contributed by atoms with Crippen molar-refractivity contribution >= 4 is 17.3 Å². The Kier molecular flexibility index (Phi) is 7.54. The van der Waals surface area contributed by atoms with E-state index in [0.29, 0.717) is 0 Å². The van der Waals surface area contributed by atoms with Gasteiger partial charge in [0.15, 0.2) is 0 Å². The second-order valence-electron chi connectivity index (χ2n) is 8.36. The molecule has 5 nitrogen and oxygen atoms in total. The molecule has 1 amide bonds. The molecule has 1 saturated heterocycles. The van der Waals surface area contributed by atoms with Crippen molar-refractivity contribution in [3.8, 4) is 0 Å². The largest absolute Gasteiger partial charge is 0.369 e. The lowest BCUT2D eigenvalue weighted by molar-refractivity contribution is -0.115. The quantitative estimate of drug-likeness (QED) is 0.562. The van der Waals surface area contributed by atoms with Gasteiger partial charge >= 0.3 is 0 Å². The number of amides is 1. The first kappa shape index (κ1) is 22.1. The zero-order valence-electron chi connectivity index (χ0n) is 18.7. The third kappa shape index (κ3) is 6.19. The fourth-order valence-corrected chi connectivity index (χ4v) is 4.07. The molecule has 0 saturated carbocycles. The molecule has 1 aliphatic heterocycles. The number of carbonyl (C=O) groups is 1. The summed E-state index contributed by atoms with van der Waals surface area (Å²) in [6, 6.07) is 29.1.